The molecule has 3 aromatic rings. The van der Waals surface area contributed by atoms with Gasteiger partial charge in [-0.3, -0.25) is 19.0 Å². The van der Waals surface area contributed by atoms with Gasteiger partial charge >= 0.3 is 0 Å². The number of amides is 2. The van der Waals surface area contributed by atoms with Crippen LogP contribution in [0.5, 0.6) is 0 Å². The summed E-state index contributed by atoms with van der Waals surface area (Å²) < 4.78 is 1.80. The normalized spacial score (nSPS) is 16.6. The van der Waals surface area contributed by atoms with E-state index in [1.807, 2.05) is 48.5 Å². The van der Waals surface area contributed by atoms with E-state index in [2.05, 4.69) is 5.32 Å². The third-order valence-corrected chi connectivity index (χ3v) is 7.29. The lowest BCUT2D eigenvalue weighted by Crippen LogP contribution is -2.27. The third-order valence-electron chi connectivity index (χ3n) is 6.34. The summed E-state index contributed by atoms with van der Waals surface area (Å²) in [5.41, 5.74) is 1.97. The number of aromatic nitrogens is 2. The first-order valence-electron chi connectivity index (χ1n) is 11.4. The Balaban J connectivity index is 1.37. The van der Waals surface area contributed by atoms with Crippen molar-refractivity contribution in [1.82, 2.24) is 9.55 Å². The van der Waals surface area contributed by atoms with E-state index < -0.39 is 0 Å². The Bertz CT molecular complexity index is 1270. The molecule has 1 aliphatic heterocycles. The van der Waals surface area contributed by atoms with Crippen molar-refractivity contribution >= 4 is 45.9 Å². The summed E-state index contributed by atoms with van der Waals surface area (Å²) >= 11 is 1.29. The van der Waals surface area contributed by atoms with Crippen LogP contribution < -0.4 is 15.8 Å². The molecule has 7 nitrogen and oxygen atoms in total. The number of carbonyl (C=O) groups is 2. The highest BCUT2D eigenvalue weighted by molar-refractivity contribution is 7.99. The molecule has 1 aromatic heterocycles. The number of anilines is 2. The Kier molecular flexibility index (Phi) is 6.17. The highest BCUT2D eigenvalue weighted by Crippen LogP contribution is 2.33. The highest BCUT2D eigenvalue weighted by atomic mass is 32.2. The Hall–Kier alpha value is -3.13. The molecule has 1 saturated carbocycles. The molecule has 2 fully saturated rings. The standard InChI is InChI=1S/C25H26N4O3S/c30-22(26-20-12-5-6-13-21(20)28-15-7-14-23(28)31)16-33-25-27-19-11-4-3-10-18(19)24(32)29(25)17-8-1-2-9-17/h3-6,10-13,17H,1-2,7-9,14-16H2,(H,26,30). The molecule has 170 valence electrons. The summed E-state index contributed by atoms with van der Waals surface area (Å²) in [6.07, 6.45) is 5.46. The van der Waals surface area contributed by atoms with Gasteiger partial charge in [0.05, 0.1) is 28.0 Å². The molecule has 0 bridgehead atoms. The number of nitrogens with one attached hydrogen (secondary N) is 1. The Labute approximate surface area is 196 Å². The zero-order valence-electron chi connectivity index (χ0n) is 18.3. The summed E-state index contributed by atoms with van der Waals surface area (Å²) in [5.74, 6) is 0.00580. The van der Waals surface area contributed by atoms with E-state index in [0.29, 0.717) is 34.7 Å². The smallest absolute Gasteiger partial charge is 0.262 e. The van der Waals surface area contributed by atoms with Gasteiger partial charge in [0, 0.05) is 19.0 Å². The van der Waals surface area contributed by atoms with Gasteiger partial charge in [0.1, 0.15) is 0 Å². The number of hydrogen-bond acceptors (Lipinski definition) is 5. The molecule has 1 aliphatic carbocycles. The predicted molar refractivity (Wildman–Crippen MR) is 131 cm³/mol. The molecule has 0 atom stereocenters. The molecule has 5 rings (SSSR count). The van der Waals surface area contributed by atoms with Crippen molar-refractivity contribution < 1.29 is 9.59 Å². The average molecular weight is 463 g/mol. The fourth-order valence-electron chi connectivity index (χ4n) is 4.75. The fraction of sp³-hybridized carbons (Fsp3) is 0.360. The SMILES string of the molecule is O=C(CSc1nc2ccccc2c(=O)n1C1CCCC1)Nc1ccccc1N1CCCC1=O. The quantitative estimate of drug-likeness (QED) is 0.434. The van der Waals surface area contributed by atoms with Gasteiger partial charge in [-0.1, -0.05) is 48.9 Å². The van der Waals surface area contributed by atoms with E-state index in [-0.39, 0.29) is 29.2 Å². The van der Waals surface area contributed by atoms with Gasteiger partial charge in [0.2, 0.25) is 11.8 Å². The minimum absolute atomic E-state index is 0.0340. The van der Waals surface area contributed by atoms with Crippen molar-refractivity contribution in [3.63, 3.8) is 0 Å². The predicted octanol–water partition coefficient (Wildman–Crippen LogP) is 4.37. The van der Waals surface area contributed by atoms with Crippen LogP contribution in [0.25, 0.3) is 10.9 Å². The number of benzene rings is 2. The largest absolute Gasteiger partial charge is 0.324 e. The summed E-state index contributed by atoms with van der Waals surface area (Å²) in [4.78, 5) is 44.8. The second kappa shape index (κ2) is 9.39. The summed E-state index contributed by atoms with van der Waals surface area (Å²) in [6.45, 7) is 0.662. The lowest BCUT2D eigenvalue weighted by molar-refractivity contribution is -0.117. The molecule has 8 heteroatoms. The number of thioether (sulfide) groups is 1. The first-order valence-corrected chi connectivity index (χ1v) is 12.4. The molecule has 2 heterocycles. The number of hydrogen-bond donors (Lipinski definition) is 1. The van der Waals surface area contributed by atoms with Crippen LogP contribution in [0, 0.1) is 0 Å². The van der Waals surface area contributed by atoms with Crippen molar-refractivity contribution in [3.05, 3.63) is 58.9 Å². The van der Waals surface area contributed by atoms with Crippen molar-refractivity contribution in [2.45, 2.75) is 49.7 Å². The monoisotopic (exact) mass is 462 g/mol. The zero-order valence-corrected chi connectivity index (χ0v) is 19.1. The Morgan fingerprint density at radius 3 is 2.58 bits per heavy atom. The molecule has 33 heavy (non-hydrogen) atoms. The molecule has 2 aliphatic rings. The Morgan fingerprint density at radius 2 is 1.79 bits per heavy atom. The minimum Gasteiger partial charge on any atom is -0.324 e. The minimum atomic E-state index is -0.195. The second-order valence-electron chi connectivity index (χ2n) is 8.53. The first kappa shape index (κ1) is 21.7. The highest BCUT2D eigenvalue weighted by Gasteiger charge is 2.25. The van der Waals surface area contributed by atoms with Crippen LogP contribution in [0.2, 0.25) is 0 Å². The molecule has 0 unspecified atom stereocenters. The first-order chi connectivity index (χ1) is 16.1. The van der Waals surface area contributed by atoms with E-state index in [9.17, 15) is 14.4 Å². The van der Waals surface area contributed by atoms with Crippen LogP contribution in [-0.2, 0) is 9.59 Å². The Morgan fingerprint density at radius 1 is 1.03 bits per heavy atom. The van der Waals surface area contributed by atoms with Gasteiger partial charge in [0.25, 0.3) is 5.56 Å². The maximum atomic E-state index is 13.3. The summed E-state index contributed by atoms with van der Waals surface area (Å²) in [7, 11) is 0. The van der Waals surface area contributed by atoms with Gasteiger partial charge in [-0.05, 0) is 43.5 Å². The molecule has 0 radical (unpaired) electrons. The van der Waals surface area contributed by atoms with E-state index in [0.717, 1.165) is 37.8 Å². The van der Waals surface area contributed by atoms with Crippen LogP contribution in [0.4, 0.5) is 11.4 Å². The maximum absolute atomic E-state index is 13.3. The van der Waals surface area contributed by atoms with E-state index in [1.165, 1.54) is 11.8 Å². The van der Waals surface area contributed by atoms with Gasteiger partial charge in [0.15, 0.2) is 5.16 Å². The molecular weight excluding hydrogens is 436 g/mol. The molecular formula is C25H26N4O3S. The number of rotatable bonds is 6. The summed E-state index contributed by atoms with van der Waals surface area (Å²) in [5, 5.41) is 4.15. The molecule has 0 spiro atoms. The van der Waals surface area contributed by atoms with E-state index in [1.54, 1.807) is 9.47 Å². The number of nitrogens with zero attached hydrogens (tertiary/aromatic N) is 3. The average Bonchev–Trinajstić information content (AvgIpc) is 3.50. The number of para-hydroxylation sites is 3. The van der Waals surface area contributed by atoms with Crippen LogP contribution in [0.15, 0.2) is 58.5 Å². The zero-order chi connectivity index (χ0) is 22.8. The molecule has 1 N–H and O–H groups in total. The fourth-order valence-corrected chi connectivity index (χ4v) is 5.61. The van der Waals surface area contributed by atoms with Crippen LogP contribution in [0.1, 0.15) is 44.6 Å². The van der Waals surface area contributed by atoms with Gasteiger partial charge in [-0.2, -0.15) is 0 Å². The molecule has 2 aromatic carbocycles. The van der Waals surface area contributed by atoms with Gasteiger partial charge in [-0.25, -0.2) is 4.98 Å². The van der Waals surface area contributed by atoms with Crippen LogP contribution in [-0.4, -0.2) is 33.7 Å². The summed E-state index contributed by atoms with van der Waals surface area (Å²) in [6, 6.07) is 14.9. The number of carbonyl (C=O) groups excluding carboxylic acids is 2. The van der Waals surface area contributed by atoms with E-state index >= 15 is 0 Å². The van der Waals surface area contributed by atoms with Crippen molar-refractivity contribution in [2.75, 3.05) is 22.5 Å². The topological polar surface area (TPSA) is 84.3 Å². The van der Waals surface area contributed by atoms with Crippen molar-refractivity contribution in [3.8, 4) is 0 Å². The van der Waals surface area contributed by atoms with Crippen LogP contribution in [0.3, 0.4) is 0 Å². The van der Waals surface area contributed by atoms with E-state index in [4.69, 9.17) is 4.98 Å². The number of fused-ring (bicyclic) bond motifs is 1. The van der Waals surface area contributed by atoms with Gasteiger partial charge < -0.3 is 10.2 Å². The van der Waals surface area contributed by atoms with Crippen molar-refractivity contribution in [2.24, 2.45) is 0 Å². The lowest BCUT2D eigenvalue weighted by atomic mass is 10.2. The molecule has 1 saturated heterocycles. The van der Waals surface area contributed by atoms with Crippen LogP contribution >= 0.6 is 11.8 Å². The second-order valence-corrected chi connectivity index (χ2v) is 9.47. The lowest BCUT2D eigenvalue weighted by Gasteiger charge is -2.20. The maximum Gasteiger partial charge on any atom is 0.262 e. The third kappa shape index (κ3) is 4.39. The van der Waals surface area contributed by atoms with Gasteiger partial charge in [-0.15, -0.1) is 0 Å². The molecule has 2 amide bonds. The van der Waals surface area contributed by atoms with Crippen molar-refractivity contribution in [1.29, 1.82) is 0 Å².